The second-order valence-electron chi connectivity index (χ2n) is 5.79. The first-order valence-corrected chi connectivity index (χ1v) is 8.76. The lowest BCUT2D eigenvalue weighted by Gasteiger charge is -2.06. The molecule has 3 rings (SSSR count). The third-order valence-electron chi connectivity index (χ3n) is 3.81. The van der Waals surface area contributed by atoms with Gasteiger partial charge in [-0.05, 0) is 55.5 Å². The molecule has 0 fully saturated rings. The first-order valence-electron chi connectivity index (χ1n) is 7.95. The molecule has 0 N–H and O–H groups in total. The molecular weight excluding hydrogens is 318 g/mol. The van der Waals surface area contributed by atoms with Crippen molar-refractivity contribution in [1.82, 2.24) is 4.98 Å². The van der Waals surface area contributed by atoms with E-state index >= 15 is 0 Å². The SMILES string of the molecule is Cc1ccc(/C=C(\CCCC(=O)[O-])c2nc3ccccc3s2)cc1. The number of allylic oxidation sites excluding steroid dienone is 1. The molecule has 0 saturated carbocycles. The predicted molar refractivity (Wildman–Crippen MR) is 97.5 cm³/mol. The number of aryl methyl sites for hydroxylation is 1. The lowest BCUT2D eigenvalue weighted by atomic mass is 10.0. The Morgan fingerprint density at radius 2 is 1.88 bits per heavy atom. The minimum Gasteiger partial charge on any atom is -0.550 e. The number of hydrogen-bond acceptors (Lipinski definition) is 4. The van der Waals surface area contributed by atoms with Gasteiger partial charge >= 0.3 is 0 Å². The normalized spacial score (nSPS) is 11.8. The summed E-state index contributed by atoms with van der Waals surface area (Å²) in [6, 6.07) is 16.3. The third-order valence-corrected chi connectivity index (χ3v) is 4.93. The second kappa shape index (κ2) is 7.41. The minimum atomic E-state index is -1.01. The Labute approximate surface area is 145 Å². The number of carbonyl (C=O) groups excluding carboxylic acids is 1. The molecule has 0 bridgehead atoms. The molecule has 122 valence electrons. The molecule has 0 atom stereocenters. The molecule has 0 spiro atoms. The lowest BCUT2D eigenvalue weighted by Crippen LogP contribution is -2.21. The summed E-state index contributed by atoms with van der Waals surface area (Å²) in [4.78, 5) is 15.4. The van der Waals surface area contributed by atoms with E-state index < -0.39 is 5.97 Å². The molecule has 0 radical (unpaired) electrons. The molecule has 4 heteroatoms. The summed E-state index contributed by atoms with van der Waals surface area (Å²) in [6.07, 6.45) is 3.39. The van der Waals surface area contributed by atoms with Crippen molar-refractivity contribution >= 4 is 39.2 Å². The van der Waals surface area contributed by atoms with Crippen LogP contribution in [-0.2, 0) is 4.79 Å². The van der Waals surface area contributed by atoms with E-state index in [-0.39, 0.29) is 6.42 Å². The zero-order valence-electron chi connectivity index (χ0n) is 13.5. The number of rotatable bonds is 6. The van der Waals surface area contributed by atoms with E-state index in [9.17, 15) is 9.90 Å². The molecular formula is C20H18NO2S-. The molecule has 1 aromatic heterocycles. The summed E-state index contributed by atoms with van der Waals surface area (Å²) < 4.78 is 1.14. The number of carboxylic acids is 1. The number of carboxylic acid groups (broad SMARTS) is 1. The predicted octanol–water partition coefficient (Wildman–Crippen LogP) is 4.07. The van der Waals surface area contributed by atoms with Crippen molar-refractivity contribution in [1.29, 1.82) is 0 Å². The van der Waals surface area contributed by atoms with Crippen LogP contribution in [-0.4, -0.2) is 11.0 Å². The Balaban J connectivity index is 1.93. The van der Waals surface area contributed by atoms with Gasteiger partial charge in [-0.1, -0.05) is 42.0 Å². The van der Waals surface area contributed by atoms with Crippen LogP contribution in [0.5, 0.6) is 0 Å². The molecule has 0 saturated heterocycles. The molecule has 3 nitrogen and oxygen atoms in total. The number of hydrogen-bond donors (Lipinski definition) is 0. The number of fused-ring (bicyclic) bond motifs is 1. The number of carbonyl (C=O) groups is 1. The lowest BCUT2D eigenvalue weighted by molar-refractivity contribution is -0.305. The van der Waals surface area contributed by atoms with Crippen LogP contribution in [0.25, 0.3) is 21.9 Å². The van der Waals surface area contributed by atoms with Crippen LogP contribution in [0.4, 0.5) is 0 Å². The van der Waals surface area contributed by atoms with E-state index in [0.717, 1.165) is 26.4 Å². The molecule has 3 aromatic rings. The number of aliphatic carboxylic acids is 1. The van der Waals surface area contributed by atoms with Gasteiger partial charge in [0.05, 0.1) is 10.2 Å². The molecule has 1 heterocycles. The van der Waals surface area contributed by atoms with Gasteiger partial charge < -0.3 is 9.90 Å². The topological polar surface area (TPSA) is 53.0 Å². The number of nitrogens with zero attached hydrogens (tertiary/aromatic N) is 1. The summed E-state index contributed by atoms with van der Waals surface area (Å²) in [7, 11) is 0. The average molecular weight is 336 g/mol. The maximum absolute atomic E-state index is 10.7. The highest BCUT2D eigenvalue weighted by atomic mass is 32.1. The molecule has 0 aliphatic rings. The van der Waals surface area contributed by atoms with E-state index in [1.165, 1.54) is 5.56 Å². The van der Waals surface area contributed by atoms with Gasteiger partial charge in [0.2, 0.25) is 0 Å². The van der Waals surface area contributed by atoms with Gasteiger partial charge in [-0.25, -0.2) is 4.98 Å². The van der Waals surface area contributed by atoms with Crippen LogP contribution in [0.1, 0.15) is 35.4 Å². The summed E-state index contributed by atoms with van der Waals surface area (Å²) in [5.74, 6) is -1.01. The maximum atomic E-state index is 10.7. The second-order valence-corrected chi connectivity index (χ2v) is 6.82. The Morgan fingerprint density at radius 1 is 1.12 bits per heavy atom. The largest absolute Gasteiger partial charge is 0.550 e. The summed E-state index contributed by atoms with van der Waals surface area (Å²) in [5, 5.41) is 11.7. The third kappa shape index (κ3) is 4.09. The summed E-state index contributed by atoms with van der Waals surface area (Å²) >= 11 is 1.64. The van der Waals surface area contributed by atoms with Crippen molar-refractivity contribution in [2.45, 2.75) is 26.2 Å². The number of benzene rings is 2. The molecule has 2 aromatic carbocycles. The van der Waals surface area contributed by atoms with Gasteiger partial charge in [0.1, 0.15) is 5.01 Å². The number of para-hydroxylation sites is 1. The van der Waals surface area contributed by atoms with Crippen LogP contribution >= 0.6 is 11.3 Å². The highest BCUT2D eigenvalue weighted by Gasteiger charge is 2.09. The Kier molecular flexibility index (Phi) is 5.06. The molecule has 0 amide bonds. The Morgan fingerprint density at radius 3 is 2.58 bits per heavy atom. The van der Waals surface area contributed by atoms with Gasteiger partial charge in [-0.15, -0.1) is 11.3 Å². The number of thiazole rings is 1. The van der Waals surface area contributed by atoms with E-state index in [0.29, 0.717) is 12.8 Å². The van der Waals surface area contributed by atoms with Crippen molar-refractivity contribution in [3.05, 3.63) is 64.7 Å². The van der Waals surface area contributed by atoms with Crippen LogP contribution in [0, 0.1) is 6.92 Å². The fourth-order valence-electron chi connectivity index (χ4n) is 2.54. The average Bonchev–Trinajstić information content (AvgIpc) is 2.99. The van der Waals surface area contributed by atoms with E-state index in [2.05, 4.69) is 43.3 Å². The maximum Gasteiger partial charge on any atom is 0.120 e. The molecule has 24 heavy (non-hydrogen) atoms. The van der Waals surface area contributed by atoms with Crippen LogP contribution in [0.2, 0.25) is 0 Å². The molecule has 0 unspecified atom stereocenters. The van der Waals surface area contributed by atoms with E-state index in [1.807, 2.05) is 18.2 Å². The van der Waals surface area contributed by atoms with Gasteiger partial charge in [0.15, 0.2) is 0 Å². The smallest absolute Gasteiger partial charge is 0.120 e. The van der Waals surface area contributed by atoms with Crippen molar-refractivity contribution in [2.24, 2.45) is 0 Å². The Hall–Kier alpha value is -2.46. The summed E-state index contributed by atoms with van der Waals surface area (Å²) in [5.41, 5.74) is 4.36. The number of aromatic nitrogens is 1. The highest BCUT2D eigenvalue weighted by Crippen LogP contribution is 2.31. The zero-order valence-corrected chi connectivity index (χ0v) is 14.3. The summed E-state index contributed by atoms with van der Waals surface area (Å²) in [6.45, 7) is 2.06. The van der Waals surface area contributed by atoms with Crippen molar-refractivity contribution in [2.75, 3.05) is 0 Å². The molecule has 0 aliphatic carbocycles. The van der Waals surface area contributed by atoms with Gasteiger partial charge in [-0.2, -0.15) is 0 Å². The van der Waals surface area contributed by atoms with Crippen LogP contribution < -0.4 is 5.11 Å². The monoisotopic (exact) mass is 336 g/mol. The van der Waals surface area contributed by atoms with Crippen LogP contribution in [0.3, 0.4) is 0 Å². The standard InChI is InChI=1S/C20H19NO2S/c1-14-9-11-15(12-10-14)13-16(5-4-8-19(22)23)20-21-17-6-2-3-7-18(17)24-20/h2-3,6-7,9-13H,4-5,8H2,1H3,(H,22,23)/p-1/b16-13+. The van der Waals surface area contributed by atoms with Crippen molar-refractivity contribution in [3.63, 3.8) is 0 Å². The van der Waals surface area contributed by atoms with E-state index in [1.54, 1.807) is 11.3 Å². The Bertz CT molecular complexity index is 845. The van der Waals surface area contributed by atoms with Gasteiger partial charge in [0.25, 0.3) is 0 Å². The quantitative estimate of drug-likeness (QED) is 0.682. The zero-order chi connectivity index (χ0) is 16.9. The fourth-order valence-corrected chi connectivity index (χ4v) is 3.55. The first-order chi connectivity index (χ1) is 11.6. The van der Waals surface area contributed by atoms with Gasteiger partial charge in [-0.3, -0.25) is 0 Å². The van der Waals surface area contributed by atoms with Crippen molar-refractivity contribution in [3.8, 4) is 0 Å². The first kappa shape index (κ1) is 16.4. The minimum absolute atomic E-state index is 0.0656. The van der Waals surface area contributed by atoms with Crippen molar-refractivity contribution < 1.29 is 9.90 Å². The van der Waals surface area contributed by atoms with Crippen LogP contribution in [0.15, 0.2) is 48.5 Å². The molecule has 0 aliphatic heterocycles. The van der Waals surface area contributed by atoms with E-state index in [4.69, 9.17) is 4.98 Å². The highest BCUT2D eigenvalue weighted by molar-refractivity contribution is 7.19. The fraction of sp³-hybridized carbons (Fsp3) is 0.200. The van der Waals surface area contributed by atoms with Gasteiger partial charge in [0, 0.05) is 5.97 Å².